The highest BCUT2D eigenvalue weighted by molar-refractivity contribution is 7.17. The quantitative estimate of drug-likeness (QED) is 0.741. The number of alkyl halides is 3. The lowest BCUT2D eigenvalue weighted by molar-refractivity contribution is -0.137. The molecule has 2 aromatic rings. The number of nitrogens with two attached hydrogens (primary N) is 1. The summed E-state index contributed by atoms with van der Waals surface area (Å²) in [6, 6.07) is 2.94. The Labute approximate surface area is 155 Å². The van der Waals surface area contributed by atoms with Crippen molar-refractivity contribution in [1.82, 2.24) is 5.32 Å². The fourth-order valence-electron chi connectivity index (χ4n) is 2.92. The molecule has 4 amide bonds. The van der Waals surface area contributed by atoms with Crippen molar-refractivity contribution in [3.05, 3.63) is 51.4 Å². The Bertz CT molecular complexity index is 937. The van der Waals surface area contributed by atoms with Crippen LogP contribution >= 0.6 is 11.3 Å². The number of amides is 4. The first-order valence-electron chi connectivity index (χ1n) is 7.90. The zero-order valence-electron chi connectivity index (χ0n) is 13.8. The first-order chi connectivity index (χ1) is 12.7. The summed E-state index contributed by atoms with van der Waals surface area (Å²) in [6.07, 6.45) is -2.42. The number of urea groups is 1. The highest BCUT2D eigenvalue weighted by Crippen LogP contribution is 2.39. The fraction of sp³-hybridized carbons (Fsp3) is 0.235. The molecule has 3 rings (SSSR count). The number of carbonyl (C=O) groups excluding carboxylic acids is 3. The number of anilines is 1. The minimum Gasteiger partial charge on any atom is -0.351 e. The Kier molecular flexibility index (Phi) is 4.92. The van der Waals surface area contributed by atoms with Gasteiger partial charge in [-0.2, -0.15) is 13.2 Å². The number of fused-ring (bicyclic) bond motifs is 1. The third kappa shape index (κ3) is 3.95. The van der Waals surface area contributed by atoms with Crippen molar-refractivity contribution in [2.24, 2.45) is 5.73 Å². The van der Waals surface area contributed by atoms with Gasteiger partial charge in [0, 0.05) is 10.4 Å². The molecule has 0 aliphatic heterocycles. The van der Waals surface area contributed by atoms with Crippen LogP contribution in [-0.2, 0) is 19.0 Å². The van der Waals surface area contributed by atoms with Crippen molar-refractivity contribution < 1.29 is 27.6 Å². The number of thiophene rings is 1. The Morgan fingerprint density at radius 1 is 1.11 bits per heavy atom. The summed E-state index contributed by atoms with van der Waals surface area (Å²) in [6.45, 7) is 0. The number of rotatable bonds is 3. The van der Waals surface area contributed by atoms with E-state index in [4.69, 9.17) is 5.73 Å². The van der Waals surface area contributed by atoms with Crippen molar-refractivity contribution in [2.45, 2.75) is 25.4 Å². The largest absolute Gasteiger partial charge is 0.416 e. The number of imide groups is 1. The van der Waals surface area contributed by atoms with E-state index in [1.807, 2.05) is 5.32 Å². The monoisotopic (exact) mass is 397 g/mol. The topological polar surface area (TPSA) is 101 Å². The molecule has 0 fully saturated rings. The van der Waals surface area contributed by atoms with E-state index in [0.29, 0.717) is 6.42 Å². The van der Waals surface area contributed by atoms with Crippen LogP contribution in [0.3, 0.4) is 0 Å². The first kappa shape index (κ1) is 18.9. The molecule has 0 saturated heterocycles. The number of hydrogen-bond donors (Lipinski definition) is 3. The molecule has 1 aliphatic rings. The second-order valence-electron chi connectivity index (χ2n) is 5.91. The Balaban J connectivity index is 1.91. The number of hydrogen-bond acceptors (Lipinski definition) is 4. The molecule has 0 atom stereocenters. The van der Waals surface area contributed by atoms with Crippen LogP contribution in [0.15, 0.2) is 24.3 Å². The van der Waals surface area contributed by atoms with Gasteiger partial charge < -0.3 is 11.1 Å². The summed E-state index contributed by atoms with van der Waals surface area (Å²) in [5.41, 5.74) is 4.69. The SMILES string of the molecule is NC(=O)NC(=O)c1c(NC(=O)c2cccc(C(F)(F)F)c2)sc2c1CCC2. The molecule has 27 heavy (non-hydrogen) atoms. The van der Waals surface area contributed by atoms with E-state index in [1.54, 1.807) is 0 Å². The molecule has 0 unspecified atom stereocenters. The third-order valence-corrected chi connectivity index (χ3v) is 5.27. The lowest BCUT2D eigenvalue weighted by Crippen LogP contribution is -2.35. The van der Waals surface area contributed by atoms with Gasteiger partial charge in [0.05, 0.1) is 11.1 Å². The van der Waals surface area contributed by atoms with Gasteiger partial charge in [-0.3, -0.25) is 14.9 Å². The van der Waals surface area contributed by atoms with E-state index >= 15 is 0 Å². The minimum absolute atomic E-state index is 0.131. The van der Waals surface area contributed by atoms with E-state index in [2.05, 4.69) is 5.32 Å². The zero-order chi connectivity index (χ0) is 19.8. The predicted octanol–water partition coefficient (Wildman–Crippen LogP) is 3.32. The van der Waals surface area contributed by atoms with Gasteiger partial charge in [-0.15, -0.1) is 11.3 Å². The van der Waals surface area contributed by atoms with Gasteiger partial charge in [-0.05, 0) is 43.0 Å². The summed E-state index contributed by atoms with van der Waals surface area (Å²) >= 11 is 1.17. The van der Waals surface area contributed by atoms with Gasteiger partial charge >= 0.3 is 12.2 Å². The number of aryl methyl sites for hydroxylation is 1. The third-order valence-electron chi connectivity index (χ3n) is 4.06. The molecule has 1 aromatic heterocycles. The maximum Gasteiger partial charge on any atom is 0.416 e. The van der Waals surface area contributed by atoms with Crippen LogP contribution in [0.2, 0.25) is 0 Å². The van der Waals surface area contributed by atoms with E-state index in [-0.39, 0.29) is 16.1 Å². The molecule has 10 heteroatoms. The molecule has 4 N–H and O–H groups in total. The average Bonchev–Trinajstić information content (AvgIpc) is 3.13. The van der Waals surface area contributed by atoms with Crippen molar-refractivity contribution in [3.8, 4) is 0 Å². The van der Waals surface area contributed by atoms with Crippen LogP contribution in [0.25, 0.3) is 0 Å². The van der Waals surface area contributed by atoms with Crippen molar-refractivity contribution >= 4 is 34.2 Å². The second kappa shape index (κ2) is 7.03. The lowest BCUT2D eigenvalue weighted by atomic mass is 10.1. The van der Waals surface area contributed by atoms with Crippen molar-refractivity contribution in [2.75, 3.05) is 5.32 Å². The first-order valence-corrected chi connectivity index (χ1v) is 8.72. The smallest absolute Gasteiger partial charge is 0.351 e. The van der Waals surface area contributed by atoms with E-state index in [9.17, 15) is 27.6 Å². The molecule has 1 heterocycles. The average molecular weight is 397 g/mol. The summed E-state index contributed by atoms with van der Waals surface area (Å²) in [5.74, 6) is -1.53. The molecule has 142 valence electrons. The standard InChI is InChI=1S/C17H14F3N3O3S/c18-17(19,20)9-4-1-3-8(7-9)13(24)22-15-12(14(25)23-16(21)26)10-5-2-6-11(10)27-15/h1,3-4,7H,2,5-6H2,(H,22,24)(H3,21,23,25,26). The lowest BCUT2D eigenvalue weighted by Gasteiger charge is -2.10. The Hall–Kier alpha value is -2.88. The molecule has 1 aromatic carbocycles. The van der Waals surface area contributed by atoms with Crippen LogP contribution < -0.4 is 16.4 Å². The van der Waals surface area contributed by atoms with Gasteiger partial charge in [0.1, 0.15) is 5.00 Å². The normalized spacial score (nSPS) is 13.1. The second-order valence-corrected chi connectivity index (χ2v) is 7.02. The van der Waals surface area contributed by atoms with Crippen LogP contribution in [0, 0.1) is 0 Å². The summed E-state index contributed by atoms with van der Waals surface area (Å²) in [4.78, 5) is 36.6. The van der Waals surface area contributed by atoms with E-state index in [1.165, 1.54) is 17.4 Å². The van der Waals surface area contributed by atoms with Gasteiger partial charge in [0.2, 0.25) is 0 Å². The molecule has 1 aliphatic carbocycles. The molecule has 0 bridgehead atoms. The number of carbonyl (C=O) groups is 3. The maximum atomic E-state index is 12.8. The van der Waals surface area contributed by atoms with Crippen LogP contribution in [-0.4, -0.2) is 17.8 Å². The summed E-state index contributed by atoms with van der Waals surface area (Å²) in [7, 11) is 0. The van der Waals surface area contributed by atoms with Crippen LogP contribution in [0.5, 0.6) is 0 Å². The van der Waals surface area contributed by atoms with Crippen LogP contribution in [0.4, 0.5) is 23.0 Å². The van der Waals surface area contributed by atoms with Crippen LogP contribution in [0.1, 0.15) is 43.1 Å². The van der Waals surface area contributed by atoms with Gasteiger partial charge in [0.15, 0.2) is 0 Å². The summed E-state index contributed by atoms with van der Waals surface area (Å²) in [5, 5.41) is 4.63. The van der Waals surface area contributed by atoms with E-state index < -0.39 is 29.6 Å². The number of primary amides is 1. The molecule has 0 saturated carbocycles. The van der Waals surface area contributed by atoms with Gasteiger partial charge in [0.25, 0.3) is 11.8 Å². The molecular weight excluding hydrogens is 383 g/mol. The van der Waals surface area contributed by atoms with Gasteiger partial charge in [-0.1, -0.05) is 6.07 Å². The Morgan fingerprint density at radius 3 is 2.52 bits per heavy atom. The molecular formula is C17H14F3N3O3S. The fourth-order valence-corrected chi connectivity index (χ4v) is 4.20. The highest BCUT2D eigenvalue weighted by atomic mass is 32.1. The Morgan fingerprint density at radius 2 is 1.85 bits per heavy atom. The number of nitrogens with one attached hydrogen (secondary N) is 2. The number of halogens is 3. The summed E-state index contributed by atoms with van der Waals surface area (Å²) < 4.78 is 38.5. The number of benzene rings is 1. The molecule has 0 radical (unpaired) electrons. The van der Waals surface area contributed by atoms with Crippen molar-refractivity contribution in [3.63, 3.8) is 0 Å². The minimum atomic E-state index is -4.58. The zero-order valence-corrected chi connectivity index (χ0v) is 14.6. The molecule has 6 nitrogen and oxygen atoms in total. The predicted molar refractivity (Wildman–Crippen MR) is 92.8 cm³/mol. The van der Waals surface area contributed by atoms with Gasteiger partial charge in [-0.25, -0.2) is 4.79 Å². The highest BCUT2D eigenvalue weighted by Gasteiger charge is 2.32. The van der Waals surface area contributed by atoms with E-state index in [0.717, 1.165) is 41.5 Å². The maximum absolute atomic E-state index is 12.8. The van der Waals surface area contributed by atoms with Crippen molar-refractivity contribution in [1.29, 1.82) is 0 Å². The molecule has 0 spiro atoms.